The highest BCUT2D eigenvalue weighted by Crippen LogP contribution is 2.29. The van der Waals surface area contributed by atoms with E-state index in [0.29, 0.717) is 13.1 Å². The van der Waals surface area contributed by atoms with E-state index in [4.69, 9.17) is 0 Å². The van der Waals surface area contributed by atoms with Gasteiger partial charge in [-0.1, -0.05) is 0 Å². The minimum absolute atomic E-state index is 0.0544. The molecule has 0 spiro atoms. The second-order valence-electron chi connectivity index (χ2n) is 4.74. The lowest BCUT2D eigenvalue weighted by molar-refractivity contribution is 0.0970. The molecule has 0 bridgehead atoms. The molecule has 2 aliphatic rings. The SMILES string of the molecule is O=C1NS(=O)(=O)Oc2ccc(S(=O)(=O)N3CCCC3)cc21. The summed E-state index contributed by atoms with van der Waals surface area (Å²) < 4.78 is 54.9. The Morgan fingerprint density at radius 1 is 1.19 bits per heavy atom. The molecule has 1 fully saturated rings. The van der Waals surface area contributed by atoms with Crippen molar-refractivity contribution >= 4 is 26.2 Å². The van der Waals surface area contributed by atoms with E-state index in [1.165, 1.54) is 16.4 Å². The first kappa shape index (κ1) is 14.3. The van der Waals surface area contributed by atoms with Crippen molar-refractivity contribution in [3.8, 4) is 5.75 Å². The largest absolute Gasteiger partial charge is 0.410 e. The van der Waals surface area contributed by atoms with E-state index in [2.05, 4.69) is 4.18 Å². The molecule has 1 aromatic carbocycles. The summed E-state index contributed by atoms with van der Waals surface area (Å²) in [7, 11) is -7.84. The number of carbonyl (C=O) groups is 1. The molecule has 0 unspecified atom stereocenters. The second-order valence-corrected chi connectivity index (χ2v) is 7.95. The Bertz CT molecular complexity index is 809. The van der Waals surface area contributed by atoms with Crippen LogP contribution < -0.4 is 8.91 Å². The van der Waals surface area contributed by atoms with Crippen LogP contribution in [0.4, 0.5) is 0 Å². The van der Waals surface area contributed by atoms with E-state index in [-0.39, 0.29) is 16.2 Å². The number of nitrogens with zero attached hydrogens (tertiary/aromatic N) is 1. The van der Waals surface area contributed by atoms with E-state index < -0.39 is 26.2 Å². The maximum atomic E-state index is 12.4. The molecular formula is C11H12N2O6S2. The maximum absolute atomic E-state index is 12.4. The van der Waals surface area contributed by atoms with E-state index in [9.17, 15) is 21.6 Å². The van der Waals surface area contributed by atoms with Gasteiger partial charge >= 0.3 is 10.3 Å². The monoisotopic (exact) mass is 332 g/mol. The Labute approximate surface area is 122 Å². The molecule has 0 aromatic heterocycles. The molecule has 1 N–H and O–H groups in total. The molecule has 1 amide bonds. The molecule has 3 rings (SSSR count). The summed E-state index contributed by atoms with van der Waals surface area (Å²) in [6, 6.07) is 3.54. The molecular weight excluding hydrogens is 320 g/mol. The summed E-state index contributed by atoms with van der Waals surface area (Å²) in [4.78, 5) is 11.7. The second kappa shape index (κ2) is 4.68. The van der Waals surface area contributed by atoms with Crippen molar-refractivity contribution in [2.75, 3.05) is 13.1 Å². The lowest BCUT2D eigenvalue weighted by Crippen LogP contribution is -2.38. The molecule has 0 radical (unpaired) electrons. The first-order chi connectivity index (χ1) is 9.79. The number of carbonyl (C=O) groups excluding carboxylic acids is 1. The fourth-order valence-electron chi connectivity index (χ4n) is 2.30. The van der Waals surface area contributed by atoms with Crippen LogP contribution in [0.5, 0.6) is 5.75 Å². The van der Waals surface area contributed by atoms with Gasteiger partial charge in [-0.15, -0.1) is 0 Å². The highest BCUT2D eigenvalue weighted by Gasteiger charge is 2.32. The van der Waals surface area contributed by atoms with Crippen molar-refractivity contribution in [3.63, 3.8) is 0 Å². The lowest BCUT2D eigenvalue weighted by Gasteiger charge is -2.19. The van der Waals surface area contributed by atoms with Crippen LogP contribution in [0.2, 0.25) is 0 Å². The molecule has 10 heteroatoms. The minimum atomic E-state index is -4.17. The molecule has 0 saturated carbocycles. The lowest BCUT2D eigenvalue weighted by atomic mass is 10.2. The zero-order chi connectivity index (χ0) is 15.3. The number of hydrogen-bond donors (Lipinski definition) is 1. The van der Waals surface area contributed by atoms with Gasteiger partial charge in [-0.05, 0) is 31.0 Å². The molecule has 2 aliphatic heterocycles. The Morgan fingerprint density at radius 3 is 2.52 bits per heavy atom. The quantitative estimate of drug-likeness (QED) is 0.806. The van der Waals surface area contributed by atoms with Crippen LogP contribution in [-0.2, 0) is 20.3 Å². The Balaban J connectivity index is 2.04. The average Bonchev–Trinajstić information content (AvgIpc) is 2.91. The van der Waals surface area contributed by atoms with Crippen molar-refractivity contribution < 1.29 is 25.8 Å². The van der Waals surface area contributed by atoms with Crippen LogP contribution in [0.25, 0.3) is 0 Å². The molecule has 21 heavy (non-hydrogen) atoms. The normalized spacial score (nSPS) is 21.4. The zero-order valence-electron chi connectivity index (χ0n) is 10.8. The van der Waals surface area contributed by atoms with Crippen molar-refractivity contribution in [2.45, 2.75) is 17.7 Å². The number of amides is 1. The van der Waals surface area contributed by atoms with E-state index in [1.807, 2.05) is 0 Å². The number of nitrogens with one attached hydrogen (secondary N) is 1. The smallest absolute Gasteiger partial charge is 0.366 e. The first-order valence-electron chi connectivity index (χ1n) is 6.20. The molecule has 0 atom stereocenters. The van der Waals surface area contributed by atoms with E-state index >= 15 is 0 Å². The van der Waals surface area contributed by atoms with Crippen LogP contribution in [0.15, 0.2) is 23.1 Å². The fourth-order valence-corrected chi connectivity index (χ4v) is 4.61. The van der Waals surface area contributed by atoms with Gasteiger partial charge in [0.1, 0.15) is 0 Å². The predicted molar refractivity (Wildman–Crippen MR) is 71.4 cm³/mol. The third-order valence-corrected chi connectivity index (χ3v) is 6.04. The number of hydrogen-bond acceptors (Lipinski definition) is 6. The Kier molecular flexibility index (Phi) is 3.19. The van der Waals surface area contributed by atoms with E-state index in [0.717, 1.165) is 18.9 Å². The Hall–Kier alpha value is -1.65. The minimum Gasteiger partial charge on any atom is -0.366 e. The summed E-state index contributed by atoms with van der Waals surface area (Å²) in [5.41, 5.74) is -0.120. The molecule has 114 valence electrons. The summed E-state index contributed by atoms with van der Waals surface area (Å²) in [5.74, 6) is -1.09. The number of fused-ring (bicyclic) bond motifs is 1. The molecule has 2 heterocycles. The van der Waals surface area contributed by atoms with Crippen LogP contribution in [0, 0.1) is 0 Å². The summed E-state index contributed by atoms with van der Waals surface area (Å²) in [6.45, 7) is 0.882. The fraction of sp³-hybridized carbons (Fsp3) is 0.364. The number of sulfonamides is 1. The zero-order valence-corrected chi connectivity index (χ0v) is 12.4. The third-order valence-electron chi connectivity index (χ3n) is 3.32. The maximum Gasteiger partial charge on any atom is 0.410 e. The molecule has 1 saturated heterocycles. The highest BCUT2D eigenvalue weighted by molar-refractivity contribution is 7.89. The number of rotatable bonds is 2. The van der Waals surface area contributed by atoms with Crippen LogP contribution >= 0.6 is 0 Å². The standard InChI is InChI=1S/C11H12N2O6S2/c14-11-9-7-8(20(15,16)13-5-1-2-6-13)3-4-10(9)19-21(17,18)12-11/h3-4,7H,1-2,5-6H2,(H,12,14). The van der Waals surface area contributed by atoms with Crippen LogP contribution in [0.3, 0.4) is 0 Å². The molecule has 8 nitrogen and oxygen atoms in total. The summed E-state index contributed by atoms with van der Waals surface area (Å²) >= 11 is 0. The van der Waals surface area contributed by atoms with Crippen LogP contribution in [-0.4, -0.2) is 40.1 Å². The van der Waals surface area contributed by atoms with Gasteiger partial charge in [0.15, 0.2) is 5.75 Å². The van der Waals surface area contributed by atoms with Gasteiger partial charge in [-0.2, -0.15) is 12.7 Å². The molecule has 1 aromatic rings. The predicted octanol–water partition coefficient (Wildman–Crippen LogP) is -0.162. The van der Waals surface area contributed by atoms with Crippen LogP contribution in [0.1, 0.15) is 23.2 Å². The van der Waals surface area contributed by atoms with Crippen molar-refractivity contribution in [1.29, 1.82) is 0 Å². The van der Waals surface area contributed by atoms with Gasteiger partial charge in [0.25, 0.3) is 5.91 Å². The molecule has 0 aliphatic carbocycles. The average molecular weight is 332 g/mol. The van der Waals surface area contributed by atoms with Crippen molar-refractivity contribution in [2.24, 2.45) is 0 Å². The van der Waals surface area contributed by atoms with E-state index in [1.54, 1.807) is 4.72 Å². The first-order valence-corrected chi connectivity index (χ1v) is 9.05. The topological polar surface area (TPSA) is 110 Å². The van der Waals surface area contributed by atoms with Crippen molar-refractivity contribution in [1.82, 2.24) is 9.03 Å². The van der Waals surface area contributed by atoms with Gasteiger partial charge in [0.2, 0.25) is 10.0 Å². The van der Waals surface area contributed by atoms with Gasteiger partial charge in [-0.3, -0.25) is 4.79 Å². The summed E-state index contributed by atoms with van der Waals surface area (Å²) in [6.07, 6.45) is 1.60. The van der Waals surface area contributed by atoms with Crippen molar-refractivity contribution in [3.05, 3.63) is 23.8 Å². The summed E-state index contributed by atoms with van der Waals surface area (Å²) in [5, 5.41) is 0. The van der Waals surface area contributed by atoms with Gasteiger partial charge in [0, 0.05) is 13.1 Å². The highest BCUT2D eigenvalue weighted by atomic mass is 32.2. The Morgan fingerprint density at radius 2 is 1.86 bits per heavy atom. The van der Waals surface area contributed by atoms with Gasteiger partial charge in [0.05, 0.1) is 10.5 Å². The number of benzene rings is 1. The third kappa shape index (κ3) is 2.49. The van der Waals surface area contributed by atoms with Gasteiger partial charge in [-0.25, -0.2) is 13.1 Å². The van der Waals surface area contributed by atoms with Gasteiger partial charge < -0.3 is 4.18 Å².